The Labute approximate surface area is 127 Å². The molecule has 1 aliphatic rings. The maximum absolute atomic E-state index is 12.9. The van der Waals surface area contributed by atoms with Crippen molar-refractivity contribution in [3.63, 3.8) is 0 Å². The molecule has 6 nitrogen and oxygen atoms in total. The fourth-order valence-corrected chi connectivity index (χ4v) is 3.20. The van der Waals surface area contributed by atoms with E-state index in [1.807, 2.05) is 42.5 Å². The van der Waals surface area contributed by atoms with Gasteiger partial charge in [0.2, 0.25) is 0 Å². The SMILES string of the molecule is Cn1cc([C@@H]2CCCN2C(=O)c2ccc3nc[nH]c3c2)cn1. The second-order valence-corrected chi connectivity index (χ2v) is 5.74. The quantitative estimate of drug-likeness (QED) is 0.788. The van der Waals surface area contributed by atoms with Crippen LogP contribution in [0.3, 0.4) is 0 Å². The van der Waals surface area contributed by atoms with Gasteiger partial charge in [-0.15, -0.1) is 0 Å². The lowest BCUT2D eigenvalue weighted by atomic mass is 10.1. The van der Waals surface area contributed by atoms with Crippen molar-refractivity contribution < 1.29 is 4.79 Å². The van der Waals surface area contributed by atoms with Crippen LogP contribution in [0, 0.1) is 0 Å². The number of nitrogens with zero attached hydrogens (tertiary/aromatic N) is 4. The van der Waals surface area contributed by atoms with Gasteiger partial charge in [0.05, 0.1) is 29.6 Å². The predicted octanol–water partition coefficient (Wildman–Crippen LogP) is 2.27. The standard InChI is InChI=1S/C16H17N5O/c1-20-9-12(8-19-20)15-3-2-6-21(15)16(22)11-4-5-13-14(7-11)18-10-17-13/h4-5,7-10,15H,2-3,6H2,1H3,(H,17,18)/t15-/m0/s1. The molecule has 0 spiro atoms. The zero-order valence-electron chi connectivity index (χ0n) is 12.4. The Morgan fingerprint density at radius 3 is 3.14 bits per heavy atom. The molecule has 1 aromatic carbocycles. The van der Waals surface area contributed by atoms with Gasteiger partial charge in [0.15, 0.2) is 0 Å². The number of hydrogen-bond donors (Lipinski definition) is 1. The van der Waals surface area contributed by atoms with E-state index in [2.05, 4.69) is 15.1 Å². The highest BCUT2D eigenvalue weighted by molar-refractivity contribution is 5.97. The number of nitrogens with one attached hydrogen (secondary N) is 1. The van der Waals surface area contributed by atoms with Gasteiger partial charge in [0.25, 0.3) is 5.91 Å². The largest absolute Gasteiger partial charge is 0.345 e. The van der Waals surface area contributed by atoms with Crippen LogP contribution in [0.4, 0.5) is 0 Å². The number of H-pyrrole nitrogens is 1. The Bertz CT molecular complexity index is 834. The fourth-order valence-electron chi connectivity index (χ4n) is 3.20. The molecule has 6 heteroatoms. The fraction of sp³-hybridized carbons (Fsp3) is 0.312. The monoisotopic (exact) mass is 295 g/mol. The van der Waals surface area contributed by atoms with Gasteiger partial charge in [-0.05, 0) is 31.0 Å². The summed E-state index contributed by atoms with van der Waals surface area (Å²) in [6.07, 6.45) is 7.51. The average Bonchev–Trinajstić information content (AvgIpc) is 3.25. The van der Waals surface area contributed by atoms with Crippen LogP contribution < -0.4 is 0 Å². The summed E-state index contributed by atoms with van der Waals surface area (Å²) in [5.41, 5.74) is 3.58. The molecule has 1 saturated heterocycles. The topological polar surface area (TPSA) is 66.8 Å². The molecule has 1 fully saturated rings. The highest BCUT2D eigenvalue weighted by Gasteiger charge is 2.31. The van der Waals surface area contributed by atoms with Crippen molar-refractivity contribution in [1.82, 2.24) is 24.6 Å². The number of fused-ring (bicyclic) bond motifs is 1. The molecule has 1 aliphatic heterocycles. The number of aromatic amines is 1. The van der Waals surface area contributed by atoms with Gasteiger partial charge < -0.3 is 9.88 Å². The summed E-state index contributed by atoms with van der Waals surface area (Å²) >= 11 is 0. The molecule has 0 aliphatic carbocycles. The van der Waals surface area contributed by atoms with Crippen molar-refractivity contribution in [3.8, 4) is 0 Å². The summed E-state index contributed by atoms with van der Waals surface area (Å²) in [4.78, 5) is 22.1. The summed E-state index contributed by atoms with van der Waals surface area (Å²) in [5, 5.41) is 4.23. The van der Waals surface area contributed by atoms with Crippen molar-refractivity contribution in [3.05, 3.63) is 48.0 Å². The average molecular weight is 295 g/mol. The Kier molecular flexibility index (Phi) is 2.96. The lowest BCUT2D eigenvalue weighted by Crippen LogP contribution is -2.30. The molecule has 1 amide bonds. The van der Waals surface area contributed by atoms with Gasteiger partial charge in [-0.2, -0.15) is 5.10 Å². The van der Waals surface area contributed by atoms with E-state index < -0.39 is 0 Å². The molecule has 1 atom stereocenters. The van der Waals surface area contributed by atoms with E-state index in [0.29, 0.717) is 5.56 Å². The second kappa shape index (κ2) is 4.98. The van der Waals surface area contributed by atoms with E-state index in [1.54, 1.807) is 11.0 Å². The third kappa shape index (κ3) is 2.07. The zero-order valence-corrected chi connectivity index (χ0v) is 12.4. The predicted molar refractivity (Wildman–Crippen MR) is 82.3 cm³/mol. The molecule has 112 valence electrons. The molecular weight excluding hydrogens is 278 g/mol. The summed E-state index contributed by atoms with van der Waals surface area (Å²) in [7, 11) is 1.90. The number of aryl methyl sites for hydroxylation is 1. The summed E-state index contributed by atoms with van der Waals surface area (Å²) in [5.74, 6) is 0.0721. The lowest BCUT2D eigenvalue weighted by molar-refractivity contribution is 0.0736. The van der Waals surface area contributed by atoms with Crippen LogP contribution in [0.25, 0.3) is 11.0 Å². The number of amides is 1. The van der Waals surface area contributed by atoms with Gasteiger partial charge in [-0.1, -0.05) is 0 Å². The van der Waals surface area contributed by atoms with E-state index in [4.69, 9.17) is 0 Å². The number of hydrogen-bond acceptors (Lipinski definition) is 3. The number of carbonyl (C=O) groups excluding carboxylic acids is 1. The third-order valence-electron chi connectivity index (χ3n) is 4.29. The number of imidazole rings is 1. The highest BCUT2D eigenvalue weighted by Crippen LogP contribution is 2.33. The van der Waals surface area contributed by atoms with Gasteiger partial charge in [0, 0.05) is 30.9 Å². The number of likely N-dealkylation sites (tertiary alicyclic amines) is 1. The number of carbonyl (C=O) groups is 1. The van der Waals surface area contributed by atoms with E-state index >= 15 is 0 Å². The Morgan fingerprint density at radius 1 is 1.41 bits per heavy atom. The van der Waals surface area contributed by atoms with Gasteiger partial charge >= 0.3 is 0 Å². The molecule has 4 rings (SSSR count). The van der Waals surface area contributed by atoms with Crippen LogP contribution in [0.2, 0.25) is 0 Å². The number of rotatable bonds is 2. The van der Waals surface area contributed by atoms with Gasteiger partial charge in [-0.3, -0.25) is 9.48 Å². The molecule has 0 bridgehead atoms. The van der Waals surface area contributed by atoms with E-state index in [-0.39, 0.29) is 11.9 Å². The minimum atomic E-state index is 0.0721. The van der Waals surface area contributed by atoms with Crippen LogP contribution in [0.5, 0.6) is 0 Å². The molecular formula is C16H17N5O. The zero-order chi connectivity index (χ0) is 15.1. The lowest BCUT2D eigenvalue weighted by Gasteiger charge is -2.24. The van der Waals surface area contributed by atoms with Crippen LogP contribution in [0.1, 0.15) is 34.8 Å². The molecule has 22 heavy (non-hydrogen) atoms. The van der Waals surface area contributed by atoms with Crippen molar-refractivity contribution in [2.45, 2.75) is 18.9 Å². The Balaban J connectivity index is 1.65. The van der Waals surface area contributed by atoms with E-state index in [0.717, 1.165) is 36.0 Å². The van der Waals surface area contributed by atoms with Crippen LogP contribution in [-0.2, 0) is 7.05 Å². The normalized spacial score (nSPS) is 18.2. The molecule has 0 radical (unpaired) electrons. The van der Waals surface area contributed by atoms with Crippen LogP contribution in [0.15, 0.2) is 36.9 Å². The molecule has 0 unspecified atom stereocenters. The van der Waals surface area contributed by atoms with Crippen molar-refractivity contribution in [1.29, 1.82) is 0 Å². The van der Waals surface area contributed by atoms with Crippen molar-refractivity contribution in [2.24, 2.45) is 7.05 Å². The minimum absolute atomic E-state index is 0.0721. The third-order valence-corrected chi connectivity index (χ3v) is 4.29. The molecule has 3 heterocycles. The summed E-state index contributed by atoms with van der Waals surface area (Å²) < 4.78 is 1.78. The van der Waals surface area contributed by atoms with Crippen LogP contribution >= 0.6 is 0 Å². The highest BCUT2D eigenvalue weighted by atomic mass is 16.2. The second-order valence-electron chi connectivity index (χ2n) is 5.74. The molecule has 0 saturated carbocycles. The minimum Gasteiger partial charge on any atom is -0.345 e. The van der Waals surface area contributed by atoms with Gasteiger partial charge in [0.1, 0.15) is 0 Å². The maximum atomic E-state index is 12.9. The number of benzene rings is 1. The Hall–Kier alpha value is -2.63. The smallest absolute Gasteiger partial charge is 0.254 e. The summed E-state index contributed by atoms with van der Waals surface area (Å²) in [6.45, 7) is 0.791. The Morgan fingerprint density at radius 2 is 2.32 bits per heavy atom. The van der Waals surface area contributed by atoms with Crippen molar-refractivity contribution in [2.75, 3.05) is 6.54 Å². The first-order valence-corrected chi connectivity index (χ1v) is 7.45. The van der Waals surface area contributed by atoms with E-state index in [9.17, 15) is 4.79 Å². The first-order chi connectivity index (χ1) is 10.7. The molecule has 3 aromatic rings. The van der Waals surface area contributed by atoms with Crippen molar-refractivity contribution >= 4 is 16.9 Å². The molecule has 2 aromatic heterocycles. The van der Waals surface area contributed by atoms with Crippen LogP contribution in [-0.4, -0.2) is 37.1 Å². The summed E-state index contributed by atoms with van der Waals surface area (Å²) in [6, 6.07) is 5.74. The van der Waals surface area contributed by atoms with E-state index in [1.165, 1.54) is 0 Å². The maximum Gasteiger partial charge on any atom is 0.254 e. The first-order valence-electron chi connectivity index (χ1n) is 7.45. The first kappa shape index (κ1) is 13.1. The van der Waals surface area contributed by atoms with Gasteiger partial charge in [-0.25, -0.2) is 4.98 Å². The number of aromatic nitrogens is 4. The molecule has 1 N–H and O–H groups in total.